The first-order valence-corrected chi connectivity index (χ1v) is 6.73. The van der Waals surface area contributed by atoms with Crippen LogP contribution in [0.5, 0.6) is 0 Å². The minimum atomic E-state index is 0.770. The quantitative estimate of drug-likeness (QED) is 0.695. The average molecular weight is 271 g/mol. The number of ether oxygens (including phenoxy) is 1. The Labute approximate surface area is 115 Å². The summed E-state index contributed by atoms with van der Waals surface area (Å²) in [5.74, 6) is 0. The Hall–Kier alpha value is -0.610. The van der Waals surface area contributed by atoms with E-state index in [0.717, 1.165) is 44.2 Å². The lowest BCUT2D eigenvalue weighted by Gasteiger charge is -2.16. The van der Waals surface area contributed by atoms with Gasteiger partial charge in [-0.25, -0.2) is 0 Å². The molecule has 0 aromatic heterocycles. The van der Waals surface area contributed by atoms with Crippen LogP contribution in [0.3, 0.4) is 0 Å². The van der Waals surface area contributed by atoms with Crippen molar-refractivity contribution in [3.8, 4) is 0 Å². The summed E-state index contributed by atoms with van der Waals surface area (Å²) in [6.07, 6.45) is 1.04. The molecule has 102 valence electrons. The Kier molecular flexibility index (Phi) is 8.01. The van der Waals surface area contributed by atoms with Crippen molar-refractivity contribution in [2.24, 2.45) is 0 Å². The van der Waals surface area contributed by atoms with E-state index in [1.807, 2.05) is 18.2 Å². The van der Waals surface area contributed by atoms with Crippen LogP contribution >= 0.6 is 11.6 Å². The SMILES string of the molecule is COCCNCCN(C)CCc1cccc(Cl)c1. The molecule has 4 heteroatoms. The van der Waals surface area contributed by atoms with E-state index < -0.39 is 0 Å². The fourth-order valence-electron chi connectivity index (χ4n) is 1.69. The molecule has 0 bridgehead atoms. The van der Waals surface area contributed by atoms with Crippen LogP contribution in [0.2, 0.25) is 5.02 Å². The van der Waals surface area contributed by atoms with Gasteiger partial charge in [0.2, 0.25) is 0 Å². The highest BCUT2D eigenvalue weighted by Crippen LogP contribution is 2.11. The van der Waals surface area contributed by atoms with Gasteiger partial charge in [-0.15, -0.1) is 0 Å². The van der Waals surface area contributed by atoms with E-state index in [1.54, 1.807) is 7.11 Å². The topological polar surface area (TPSA) is 24.5 Å². The molecule has 1 aromatic rings. The zero-order chi connectivity index (χ0) is 13.2. The second kappa shape index (κ2) is 9.34. The van der Waals surface area contributed by atoms with E-state index in [9.17, 15) is 0 Å². The summed E-state index contributed by atoms with van der Waals surface area (Å²) in [7, 11) is 3.86. The molecule has 0 spiro atoms. The summed E-state index contributed by atoms with van der Waals surface area (Å²) in [6, 6.07) is 8.07. The van der Waals surface area contributed by atoms with E-state index in [4.69, 9.17) is 16.3 Å². The molecule has 0 aliphatic heterocycles. The van der Waals surface area contributed by atoms with Gasteiger partial charge in [0, 0.05) is 38.3 Å². The highest BCUT2D eigenvalue weighted by molar-refractivity contribution is 6.30. The molecular formula is C14H23ClN2O. The van der Waals surface area contributed by atoms with Crippen LogP contribution < -0.4 is 5.32 Å². The molecule has 0 fully saturated rings. The smallest absolute Gasteiger partial charge is 0.0587 e. The lowest BCUT2D eigenvalue weighted by atomic mass is 10.1. The van der Waals surface area contributed by atoms with Crippen molar-refractivity contribution in [1.29, 1.82) is 0 Å². The molecule has 0 amide bonds. The van der Waals surface area contributed by atoms with Crippen LogP contribution in [0.4, 0.5) is 0 Å². The van der Waals surface area contributed by atoms with Gasteiger partial charge in [-0.1, -0.05) is 23.7 Å². The normalized spacial score (nSPS) is 11.1. The number of methoxy groups -OCH3 is 1. The summed E-state index contributed by atoms with van der Waals surface area (Å²) in [5.41, 5.74) is 1.29. The predicted molar refractivity (Wildman–Crippen MR) is 77.4 cm³/mol. The number of likely N-dealkylation sites (N-methyl/N-ethyl adjacent to an activating group) is 1. The molecule has 1 N–H and O–H groups in total. The third-order valence-corrected chi connectivity index (χ3v) is 3.06. The monoisotopic (exact) mass is 270 g/mol. The van der Waals surface area contributed by atoms with Gasteiger partial charge in [-0.05, 0) is 31.2 Å². The maximum Gasteiger partial charge on any atom is 0.0587 e. The number of rotatable bonds is 9. The summed E-state index contributed by atoms with van der Waals surface area (Å²) in [5, 5.41) is 4.15. The molecule has 1 rings (SSSR count). The average Bonchev–Trinajstić information content (AvgIpc) is 2.36. The lowest BCUT2D eigenvalue weighted by Crippen LogP contribution is -2.32. The maximum atomic E-state index is 5.96. The molecule has 3 nitrogen and oxygen atoms in total. The third-order valence-electron chi connectivity index (χ3n) is 2.82. The fraction of sp³-hybridized carbons (Fsp3) is 0.571. The molecule has 0 aliphatic carbocycles. The second-order valence-electron chi connectivity index (χ2n) is 4.43. The van der Waals surface area contributed by atoms with Crippen LogP contribution in [0.15, 0.2) is 24.3 Å². The van der Waals surface area contributed by atoms with Gasteiger partial charge >= 0.3 is 0 Å². The Morgan fingerprint density at radius 2 is 2.11 bits per heavy atom. The van der Waals surface area contributed by atoms with Crippen LogP contribution in [0, 0.1) is 0 Å². The zero-order valence-electron chi connectivity index (χ0n) is 11.3. The predicted octanol–water partition coefficient (Wildman–Crippen LogP) is 2.05. The van der Waals surface area contributed by atoms with Gasteiger partial charge in [0.1, 0.15) is 0 Å². The molecule has 18 heavy (non-hydrogen) atoms. The first-order chi connectivity index (χ1) is 8.72. The summed E-state index contributed by atoms with van der Waals surface area (Å²) < 4.78 is 4.98. The Morgan fingerprint density at radius 3 is 2.83 bits per heavy atom. The summed E-state index contributed by atoms with van der Waals surface area (Å²) in [6.45, 7) is 4.77. The van der Waals surface area contributed by atoms with Crippen molar-refractivity contribution < 1.29 is 4.74 Å². The van der Waals surface area contributed by atoms with Crippen molar-refractivity contribution in [3.63, 3.8) is 0 Å². The number of benzene rings is 1. The minimum Gasteiger partial charge on any atom is -0.383 e. The molecule has 0 aliphatic rings. The van der Waals surface area contributed by atoms with E-state index >= 15 is 0 Å². The van der Waals surface area contributed by atoms with Crippen molar-refractivity contribution in [3.05, 3.63) is 34.9 Å². The minimum absolute atomic E-state index is 0.770. The van der Waals surface area contributed by atoms with Gasteiger partial charge in [0.25, 0.3) is 0 Å². The molecule has 0 unspecified atom stereocenters. The van der Waals surface area contributed by atoms with E-state index in [2.05, 4.69) is 23.3 Å². The Bertz CT molecular complexity index is 333. The molecule has 0 atom stereocenters. The van der Waals surface area contributed by atoms with E-state index in [0.29, 0.717) is 0 Å². The molecule has 0 heterocycles. The number of hydrogen-bond donors (Lipinski definition) is 1. The largest absolute Gasteiger partial charge is 0.383 e. The highest BCUT2D eigenvalue weighted by atomic mass is 35.5. The third kappa shape index (κ3) is 6.97. The molecule has 0 radical (unpaired) electrons. The first-order valence-electron chi connectivity index (χ1n) is 6.35. The first kappa shape index (κ1) is 15.4. The van der Waals surface area contributed by atoms with Gasteiger partial charge < -0.3 is 15.0 Å². The fourth-order valence-corrected chi connectivity index (χ4v) is 1.91. The zero-order valence-corrected chi connectivity index (χ0v) is 12.0. The molecule has 0 saturated carbocycles. The standard InChI is InChI=1S/C14H23ClN2O/c1-17(10-7-16-8-11-18-2)9-6-13-4-3-5-14(15)12-13/h3-5,12,16H,6-11H2,1-2H3. The van der Waals surface area contributed by atoms with Crippen LogP contribution in [0.25, 0.3) is 0 Å². The Balaban J connectivity index is 2.11. The number of nitrogens with one attached hydrogen (secondary N) is 1. The number of nitrogens with zero attached hydrogens (tertiary/aromatic N) is 1. The number of hydrogen-bond acceptors (Lipinski definition) is 3. The molecular weight excluding hydrogens is 248 g/mol. The van der Waals surface area contributed by atoms with Gasteiger partial charge in [-0.3, -0.25) is 0 Å². The molecule has 1 aromatic carbocycles. The van der Waals surface area contributed by atoms with Crippen molar-refractivity contribution in [2.75, 3.05) is 46.9 Å². The van der Waals surface area contributed by atoms with Gasteiger partial charge in [-0.2, -0.15) is 0 Å². The van der Waals surface area contributed by atoms with Gasteiger partial charge in [0.05, 0.1) is 6.61 Å². The van der Waals surface area contributed by atoms with Crippen molar-refractivity contribution >= 4 is 11.6 Å². The summed E-state index contributed by atoms with van der Waals surface area (Å²) >= 11 is 5.96. The van der Waals surface area contributed by atoms with E-state index in [-0.39, 0.29) is 0 Å². The molecule has 0 saturated heterocycles. The summed E-state index contributed by atoms with van der Waals surface area (Å²) in [4.78, 5) is 2.32. The van der Waals surface area contributed by atoms with Crippen molar-refractivity contribution in [2.45, 2.75) is 6.42 Å². The Morgan fingerprint density at radius 1 is 1.28 bits per heavy atom. The highest BCUT2D eigenvalue weighted by Gasteiger charge is 1.99. The number of halogens is 1. The van der Waals surface area contributed by atoms with E-state index in [1.165, 1.54) is 5.56 Å². The van der Waals surface area contributed by atoms with Gasteiger partial charge in [0.15, 0.2) is 0 Å². The van der Waals surface area contributed by atoms with Crippen LogP contribution in [0.1, 0.15) is 5.56 Å². The second-order valence-corrected chi connectivity index (χ2v) is 4.86. The van der Waals surface area contributed by atoms with Crippen LogP contribution in [-0.4, -0.2) is 51.8 Å². The van der Waals surface area contributed by atoms with Crippen LogP contribution in [-0.2, 0) is 11.2 Å². The maximum absolute atomic E-state index is 5.96. The lowest BCUT2D eigenvalue weighted by molar-refractivity contribution is 0.198. The van der Waals surface area contributed by atoms with Crippen molar-refractivity contribution in [1.82, 2.24) is 10.2 Å².